The van der Waals surface area contributed by atoms with E-state index in [4.69, 9.17) is 9.15 Å². The van der Waals surface area contributed by atoms with Crippen LogP contribution in [-0.4, -0.2) is 35.1 Å². The van der Waals surface area contributed by atoms with Crippen LogP contribution < -0.4 is 4.74 Å². The second-order valence-corrected chi connectivity index (χ2v) is 7.63. The molecule has 1 aliphatic heterocycles. The van der Waals surface area contributed by atoms with E-state index in [0.29, 0.717) is 35.7 Å². The summed E-state index contributed by atoms with van der Waals surface area (Å²) < 4.78 is 11.8. The minimum Gasteiger partial charge on any atom is -0.489 e. The second kappa shape index (κ2) is 8.70. The molecule has 1 N–H and O–H groups in total. The van der Waals surface area contributed by atoms with Gasteiger partial charge in [-0.2, -0.15) is 0 Å². The number of amides is 1. The number of carbonyl (C=O) groups excluding carboxylic acids is 1. The van der Waals surface area contributed by atoms with Crippen molar-refractivity contribution in [1.82, 2.24) is 4.90 Å². The van der Waals surface area contributed by atoms with Gasteiger partial charge in [0.15, 0.2) is 0 Å². The molecule has 152 valence electrons. The Hall–Kier alpha value is -2.79. The van der Waals surface area contributed by atoms with Crippen LogP contribution in [-0.2, 0) is 6.61 Å². The predicted molar refractivity (Wildman–Crippen MR) is 112 cm³/mol. The topological polar surface area (TPSA) is 62.9 Å². The number of aliphatic hydroxyl groups excluding tert-OH is 1. The quantitative estimate of drug-likeness (QED) is 0.659. The molecule has 3 aromatic rings. The fourth-order valence-electron chi connectivity index (χ4n) is 4.16. The third kappa shape index (κ3) is 4.15. The fraction of sp³-hybridized carbons (Fsp3) is 0.375. The van der Waals surface area contributed by atoms with E-state index in [9.17, 15) is 9.90 Å². The van der Waals surface area contributed by atoms with Gasteiger partial charge in [0.25, 0.3) is 5.91 Å². The third-order valence-electron chi connectivity index (χ3n) is 5.65. The highest BCUT2D eigenvalue weighted by Crippen LogP contribution is 2.32. The Balaban J connectivity index is 1.61. The van der Waals surface area contributed by atoms with E-state index in [2.05, 4.69) is 0 Å². The van der Waals surface area contributed by atoms with Crippen LogP contribution in [0.15, 0.2) is 52.9 Å². The lowest BCUT2D eigenvalue weighted by Gasteiger charge is -2.35. The zero-order valence-electron chi connectivity index (χ0n) is 16.8. The smallest absolute Gasteiger partial charge is 0.258 e. The normalized spacial score (nSPS) is 16.9. The Bertz CT molecular complexity index is 977. The number of aryl methyl sites for hydroxylation is 1. The average Bonchev–Trinajstić information content (AvgIpc) is 3.08. The summed E-state index contributed by atoms with van der Waals surface area (Å²) in [6.07, 6.45) is 3.64. The van der Waals surface area contributed by atoms with Crippen LogP contribution >= 0.6 is 0 Å². The zero-order chi connectivity index (χ0) is 20.2. The molecule has 5 heteroatoms. The van der Waals surface area contributed by atoms with Gasteiger partial charge in [-0.15, -0.1) is 0 Å². The molecule has 2 heterocycles. The molecule has 2 aromatic carbocycles. The van der Waals surface area contributed by atoms with Gasteiger partial charge in [0.1, 0.15) is 23.7 Å². The summed E-state index contributed by atoms with van der Waals surface area (Å²) >= 11 is 0. The molecule has 1 saturated heterocycles. The number of hydrogen-bond donors (Lipinski definition) is 1. The first-order valence-electron chi connectivity index (χ1n) is 10.3. The van der Waals surface area contributed by atoms with Crippen molar-refractivity contribution >= 4 is 16.9 Å². The Kier molecular flexibility index (Phi) is 5.86. The summed E-state index contributed by atoms with van der Waals surface area (Å²) in [7, 11) is 0. The van der Waals surface area contributed by atoms with E-state index in [-0.39, 0.29) is 18.6 Å². The van der Waals surface area contributed by atoms with E-state index in [0.717, 1.165) is 36.8 Å². The van der Waals surface area contributed by atoms with Gasteiger partial charge >= 0.3 is 0 Å². The highest BCUT2D eigenvalue weighted by Gasteiger charge is 2.30. The van der Waals surface area contributed by atoms with Gasteiger partial charge in [-0.05, 0) is 56.4 Å². The number of hydrogen-bond acceptors (Lipinski definition) is 4. The highest BCUT2D eigenvalue weighted by atomic mass is 16.5. The standard InChI is InChI=1S/C24H27NO4/c1-17-23(24(27)25-13-6-5-9-19(25)12-14-26)21-15-20(10-11-22(21)29-17)28-16-18-7-3-2-4-8-18/h2-4,7-8,10-11,15,19,26H,5-6,9,12-14,16H2,1H3. The lowest BCUT2D eigenvalue weighted by molar-refractivity contribution is 0.0574. The van der Waals surface area contributed by atoms with Gasteiger partial charge in [-0.3, -0.25) is 4.79 Å². The van der Waals surface area contributed by atoms with Crippen molar-refractivity contribution in [1.29, 1.82) is 0 Å². The Morgan fingerprint density at radius 3 is 2.83 bits per heavy atom. The molecule has 1 amide bonds. The maximum Gasteiger partial charge on any atom is 0.258 e. The monoisotopic (exact) mass is 393 g/mol. The van der Waals surface area contributed by atoms with E-state index >= 15 is 0 Å². The molecule has 1 aromatic heterocycles. The van der Waals surface area contributed by atoms with E-state index in [1.807, 2.05) is 60.4 Å². The number of fused-ring (bicyclic) bond motifs is 1. The summed E-state index contributed by atoms with van der Waals surface area (Å²) in [6.45, 7) is 3.12. The van der Waals surface area contributed by atoms with Gasteiger partial charge < -0.3 is 19.2 Å². The highest BCUT2D eigenvalue weighted by molar-refractivity contribution is 6.07. The molecule has 0 aliphatic carbocycles. The van der Waals surface area contributed by atoms with Crippen LogP contribution in [0.1, 0.15) is 47.4 Å². The van der Waals surface area contributed by atoms with Crippen LogP contribution in [0.2, 0.25) is 0 Å². The predicted octanol–water partition coefficient (Wildman–Crippen LogP) is 4.70. The molecule has 0 saturated carbocycles. The first kappa shape index (κ1) is 19.5. The number of carbonyl (C=O) groups is 1. The zero-order valence-corrected chi connectivity index (χ0v) is 16.8. The van der Waals surface area contributed by atoms with Crippen molar-refractivity contribution in [3.05, 3.63) is 65.4 Å². The van der Waals surface area contributed by atoms with Crippen molar-refractivity contribution in [3.63, 3.8) is 0 Å². The third-order valence-corrected chi connectivity index (χ3v) is 5.65. The van der Waals surface area contributed by atoms with Crippen molar-refractivity contribution in [2.45, 2.75) is 45.3 Å². The number of benzene rings is 2. The summed E-state index contributed by atoms with van der Waals surface area (Å²) in [5.41, 5.74) is 2.39. The van der Waals surface area contributed by atoms with Gasteiger partial charge in [0.05, 0.1) is 5.56 Å². The number of aliphatic hydroxyl groups is 1. The van der Waals surface area contributed by atoms with Crippen molar-refractivity contribution in [2.75, 3.05) is 13.2 Å². The summed E-state index contributed by atoms with van der Waals surface area (Å²) in [6, 6.07) is 15.7. The molecule has 1 fully saturated rings. The summed E-state index contributed by atoms with van der Waals surface area (Å²) in [4.78, 5) is 15.3. The minimum absolute atomic E-state index is 0.0143. The summed E-state index contributed by atoms with van der Waals surface area (Å²) in [5, 5.41) is 10.2. The Labute approximate surface area is 170 Å². The van der Waals surface area contributed by atoms with Crippen LogP contribution in [0, 0.1) is 6.92 Å². The molecule has 0 bridgehead atoms. The molecule has 1 unspecified atom stereocenters. The molecular weight excluding hydrogens is 366 g/mol. The number of piperidine rings is 1. The van der Waals surface area contributed by atoms with Crippen molar-refractivity contribution in [2.24, 2.45) is 0 Å². The Morgan fingerprint density at radius 1 is 1.21 bits per heavy atom. The second-order valence-electron chi connectivity index (χ2n) is 7.63. The minimum atomic E-state index is -0.0143. The lowest BCUT2D eigenvalue weighted by atomic mass is 9.98. The van der Waals surface area contributed by atoms with E-state index < -0.39 is 0 Å². The molecular formula is C24H27NO4. The van der Waals surface area contributed by atoms with Crippen molar-refractivity contribution in [3.8, 4) is 5.75 Å². The number of rotatable bonds is 6. The molecule has 29 heavy (non-hydrogen) atoms. The first-order chi connectivity index (χ1) is 14.2. The van der Waals surface area contributed by atoms with Gasteiger partial charge in [-0.25, -0.2) is 0 Å². The molecule has 0 spiro atoms. The van der Waals surface area contributed by atoms with Crippen LogP contribution in [0.3, 0.4) is 0 Å². The first-order valence-corrected chi connectivity index (χ1v) is 10.3. The summed E-state index contributed by atoms with van der Waals surface area (Å²) in [5.74, 6) is 1.32. The molecule has 4 rings (SSSR count). The SMILES string of the molecule is Cc1oc2ccc(OCc3ccccc3)cc2c1C(=O)N1CCCCC1CCO. The lowest BCUT2D eigenvalue weighted by Crippen LogP contribution is -2.44. The van der Waals surface area contributed by atoms with Crippen LogP contribution in [0.4, 0.5) is 0 Å². The van der Waals surface area contributed by atoms with Crippen LogP contribution in [0.25, 0.3) is 11.0 Å². The van der Waals surface area contributed by atoms with Gasteiger partial charge in [-0.1, -0.05) is 30.3 Å². The largest absolute Gasteiger partial charge is 0.489 e. The van der Waals surface area contributed by atoms with Gasteiger partial charge in [0, 0.05) is 24.6 Å². The number of nitrogens with zero attached hydrogens (tertiary/aromatic N) is 1. The molecule has 5 nitrogen and oxygen atoms in total. The maximum atomic E-state index is 13.4. The fourth-order valence-corrected chi connectivity index (χ4v) is 4.16. The number of ether oxygens (including phenoxy) is 1. The maximum absolute atomic E-state index is 13.4. The van der Waals surface area contributed by atoms with E-state index in [1.54, 1.807) is 0 Å². The number of likely N-dealkylation sites (tertiary alicyclic amines) is 1. The average molecular weight is 393 g/mol. The Morgan fingerprint density at radius 2 is 2.03 bits per heavy atom. The van der Waals surface area contributed by atoms with Crippen molar-refractivity contribution < 1.29 is 19.1 Å². The molecule has 1 atom stereocenters. The van der Waals surface area contributed by atoms with E-state index in [1.165, 1.54) is 0 Å². The number of furan rings is 1. The van der Waals surface area contributed by atoms with Gasteiger partial charge in [0.2, 0.25) is 0 Å². The molecule has 1 aliphatic rings. The molecule has 0 radical (unpaired) electrons. The van der Waals surface area contributed by atoms with Crippen LogP contribution in [0.5, 0.6) is 5.75 Å².